The lowest BCUT2D eigenvalue weighted by Gasteiger charge is -1.75. The lowest BCUT2D eigenvalue weighted by atomic mass is 10.7. The van der Waals surface area contributed by atoms with Crippen LogP contribution in [0.4, 0.5) is 0 Å². The SMILES string of the molecule is N#CC=CS(=O)(=O)O. The largest absolute Gasteiger partial charge is 0.288 e. The van der Waals surface area contributed by atoms with Crippen molar-refractivity contribution in [2.75, 3.05) is 0 Å². The average molecular weight is 133 g/mol. The second kappa shape index (κ2) is 2.45. The molecule has 0 aromatic rings. The van der Waals surface area contributed by atoms with Gasteiger partial charge in [0.25, 0.3) is 10.1 Å². The maximum absolute atomic E-state index is 9.71. The molecular formula is C3H3NO3S. The highest BCUT2D eigenvalue weighted by molar-refractivity contribution is 7.88. The topological polar surface area (TPSA) is 78.2 Å². The van der Waals surface area contributed by atoms with Gasteiger partial charge in [-0.25, -0.2) is 0 Å². The maximum Gasteiger partial charge on any atom is 0.288 e. The molecule has 0 radical (unpaired) electrons. The Balaban J connectivity index is 4.19. The summed E-state index contributed by atoms with van der Waals surface area (Å²) >= 11 is 0. The van der Waals surface area contributed by atoms with E-state index in [2.05, 4.69) is 0 Å². The molecular weight excluding hydrogens is 130 g/mol. The molecule has 0 spiro atoms. The third-order valence-electron chi connectivity index (χ3n) is 0.315. The smallest absolute Gasteiger partial charge is 0.282 e. The molecule has 0 aromatic carbocycles. The lowest BCUT2D eigenvalue weighted by molar-refractivity contribution is 0.494. The fraction of sp³-hybridized carbons (Fsp3) is 0. The van der Waals surface area contributed by atoms with Crippen LogP contribution in [-0.2, 0) is 10.1 Å². The Labute approximate surface area is 46.8 Å². The van der Waals surface area contributed by atoms with Gasteiger partial charge < -0.3 is 0 Å². The Morgan fingerprint density at radius 1 is 1.62 bits per heavy atom. The highest BCUT2D eigenvalue weighted by atomic mass is 32.2. The van der Waals surface area contributed by atoms with Crippen molar-refractivity contribution in [2.45, 2.75) is 0 Å². The van der Waals surface area contributed by atoms with Crippen LogP contribution in [0.1, 0.15) is 0 Å². The molecule has 1 N–H and O–H groups in total. The first-order valence-electron chi connectivity index (χ1n) is 1.60. The van der Waals surface area contributed by atoms with E-state index in [0.29, 0.717) is 11.5 Å². The van der Waals surface area contributed by atoms with Gasteiger partial charge >= 0.3 is 0 Å². The molecule has 0 bridgehead atoms. The molecule has 0 amide bonds. The molecule has 8 heavy (non-hydrogen) atoms. The van der Waals surface area contributed by atoms with Gasteiger partial charge in [0.2, 0.25) is 0 Å². The first-order chi connectivity index (χ1) is 3.56. The van der Waals surface area contributed by atoms with E-state index in [1.54, 1.807) is 0 Å². The second-order valence-electron chi connectivity index (χ2n) is 0.947. The number of hydrogen-bond acceptors (Lipinski definition) is 3. The molecule has 0 aromatic heterocycles. The summed E-state index contributed by atoms with van der Waals surface area (Å²) in [5.74, 6) is 0. The monoisotopic (exact) mass is 133 g/mol. The zero-order valence-electron chi connectivity index (χ0n) is 3.77. The quantitative estimate of drug-likeness (QED) is 0.400. The van der Waals surface area contributed by atoms with Gasteiger partial charge in [-0.3, -0.25) is 4.55 Å². The molecule has 0 atom stereocenters. The standard InChI is InChI=1S/C3H3NO3S/c4-2-1-3-8(5,6)7/h1,3H,(H,5,6,7). The summed E-state index contributed by atoms with van der Waals surface area (Å²) in [4.78, 5) is 0. The molecule has 0 aliphatic heterocycles. The van der Waals surface area contributed by atoms with Gasteiger partial charge in [0.1, 0.15) is 0 Å². The van der Waals surface area contributed by atoms with Crippen LogP contribution in [-0.4, -0.2) is 13.0 Å². The van der Waals surface area contributed by atoms with E-state index in [9.17, 15) is 8.42 Å². The van der Waals surface area contributed by atoms with Gasteiger partial charge in [-0.15, -0.1) is 0 Å². The Hall–Kier alpha value is -0.860. The fourth-order valence-corrected chi connectivity index (χ4v) is 0.349. The third-order valence-corrected chi connectivity index (χ3v) is 0.795. The van der Waals surface area contributed by atoms with Gasteiger partial charge in [-0.2, -0.15) is 13.7 Å². The summed E-state index contributed by atoms with van der Waals surface area (Å²) in [5.41, 5.74) is 0. The number of allylic oxidation sites excluding steroid dienone is 1. The zero-order valence-corrected chi connectivity index (χ0v) is 4.59. The molecule has 0 saturated heterocycles. The minimum Gasteiger partial charge on any atom is -0.282 e. The summed E-state index contributed by atoms with van der Waals surface area (Å²) in [6.07, 6.45) is 0.676. The first kappa shape index (κ1) is 7.14. The van der Waals surface area contributed by atoms with Crippen molar-refractivity contribution in [1.82, 2.24) is 0 Å². The number of hydrogen-bond donors (Lipinski definition) is 1. The highest BCUT2D eigenvalue weighted by Gasteiger charge is 1.91. The van der Waals surface area contributed by atoms with Crippen LogP contribution in [0, 0.1) is 11.3 Å². The van der Waals surface area contributed by atoms with Gasteiger partial charge in [-0.1, -0.05) is 0 Å². The van der Waals surface area contributed by atoms with Crippen molar-refractivity contribution in [3.63, 3.8) is 0 Å². The Morgan fingerprint density at radius 2 is 2.12 bits per heavy atom. The van der Waals surface area contributed by atoms with Crippen LogP contribution < -0.4 is 0 Å². The van der Waals surface area contributed by atoms with Crippen molar-refractivity contribution < 1.29 is 13.0 Å². The van der Waals surface area contributed by atoms with Crippen molar-refractivity contribution in [3.8, 4) is 6.07 Å². The van der Waals surface area contributed by atoms with E-state index in [-0.39, 0.29) is 0 Å². The third kappa shape index (κ3) is 5.14. The molecule has 0 fully saturated rings. The van der Waals surface area contributed by atoms with Crippen LogP contribution >= 0.6 is 0 Å². The van der Waals surface area contributed by atoms with Gasteiger partial charge in [0.05, 0.1) is 11.5 Å². The number of nitriles is 1. The fourth-order valence-electron chi connectivity index (χ4n) is 0.116. The van der Waals surface area contributed by atoms with Gasteiger partial charge in [0.15, 0.2) is 0 Å². The molecule has 0 saturated carbocycles. The predicted molar refractivity (Wildman–Crippen MR) is 26.3 cm³/mol. The van der Waals surface area contributed by atoms with Gasteiger partial charge in [-0.05, 0) is 0 Å². The molecule has 0 aliphatic carbocycles. The lowest BCUT2D eigenvalue weighted by Crippen LogP contribution is -1.87. The summed E-state index contributed by atoms with van der Waals surface area (Å²) in [7, 11) is -4.09. The first-order valence-corrected chi connectivity index (χ1v) is 3.10. The highest BCUT2D eigenvalue weighted by Crippen LogP contribution is 1.81. The molecule has 44 valence electrons. The molecule has 4 nitrogen and oxygen atoms in total. The minimum atomic E-state index is -4.09. The predicted octanol–water partition coefficient (Wildman–Crippen LogP) is -0.0885. The van der Waals surface area contributed by atoms with E-state index in [4.69, 9.17) is 9.81 Å². The molecule has 0 heterocycles. The minimum absolute atomic E-state index is 0.410. The van der Waals surface area contributed by atoms with E-state index in [1.165, 1.54) is 6.07 Å². The van der Waals surface area contributed by atoms with E-state index >= 15 is 0 Å². The van der Waals surface area contributed by atoms with E-state index < -0.39 is 10.1 Å². The second-order valence-corrected chi connectivity index (χ2v) is 2.25. The van der Waals surface area contributed by atoms with Crippen molar-refractivity contribution in [3.05, 3.63) is 11.5 Å². The maximum atomic E-state index is 9.71. The zero-order chi connectivity index (χ0) is 6.62. The van der Waals surface area contributed by atoms with Crippen LogP contribution in [0.25, 0.3) is 0 Å². The van der Waals surface area contributed by atoms with Crippen LogP contribution in [0.2, 0.25) is 0 Å². The Bertz CT molecular complexity index is 219. The van der Waals surface area contributed by atoms with E-state index in [1.807, 2.05) is 0 Å². The molecule has 0 aliphatic rings. The normalized spacial score (nSPS) is 11.5. The van der Waals surface area contributed by atoms with E-state index in [0.717, 1.165) is 0 Å². The van der Waals surface area contributed by atoms with Crippen molar-refractivity contribution in [1.29, 1.82) is 5.26 Å². The summed E-state index contributed by atoms with van der Waals surface area (Å²) < 4.78 is 27.3. The number of rotatable bonds is 1. The Morgan fingerprint density at radius 3 is 2.25 bits per heavy atom. The molecule has 0 unspecified atom stereocenters. The van der Waals surface area contributed by atoms with Gasteiger partial charge in [0, 0.05) is 6.08 Å². The van der Waals surface area contributed by atoms with Crippen LogP contribution in [0.5, 0.6) is 0 Å². The summed E-state index contributed by atoms with van der Waals surface area (Å²) in [6.45, 7) is 0. The number of nitrogens with zero attached hydrogens (tertiary/aromatic N) is 1. The van der Waals surface area contributed by atoms with Crippen molar-refractivity contribution >= 4 is 10.1 Å². The molecule has 5 heteroatoms. The average Bonchev–Trinajstić information content (AvgIpc) is 1.59. The van der Waals surface area contributed by atoms with Crippen LogP contribution in [0.15, 0.2) is 11.5 Å². The van der Waals surface area contributed by atoms with Crippen LogP contribution in [0.3, 0.4) is 0 Å². The summed E-state index contributed by atoms with van der Waals surface area (Å²) in [5, 5.41) is 8.13. The Kier molecular flexibility index (Phi) is 2.19. The van der Waals surface area contributed by atoms with Crippen molar-refractivity contribution in [2.24, 2.45) is 0 Å². The molecule has 0 rings (SSSR count). The summed E-state index contributed by atoms with van der Waals surface area (Å²) in [6, 6.07) is 1.40.